The van der Waals surface area contributed by atoms with Gasteiger partial charge in [-0.2, -0.15) is 0 Å². The summed E-state index contributed by atoms with van der Waals surface area (Å²) >= 11 is 5.87. The van der Waals surface area contributed by atoms with Crippen LogP contribution in [0.3, 0.4) is 0 Å². The molecule has 0 saturated heterocycles. The van der Waals surface area contributed by atoms with Gasteiger partial charge in [0.05, 0.1) is 0 Å². The van der Waals surface area contributed by atoms with Crippen LogP contribution < -0.4 is 16.8 Å². The zero-order valence-electron chi connectivity index (χ0n) is 9.57. The molecule has 0 bridgehead atoms. The van der Waals surface area contributed by atoms with Gasteiger partial charge < -0.3 is 11.1 Å². The fraction of sp³-hybridized carbons (Fsp3) is 0.250. The minimum Gasteiger partial charge on any atom is -0.383 e. The average molecular weight is 251 g/mol. The van der Waals surface area contributed by atoms with Crippen molar-refractivity contribution in [2.75, 3.05) is 0 Å². The SMILES string of the molecule is CCC1=C(c2ccc(Cl)cc2)C(N)=NC(N)N1. The summed E-state index contributed by atoms with van der Waals surface area (Å²) in [5.41, 5.74) is 14.6. The maximum absolute atomic E-state index is 5.94. The van der Waals surface area contributed by atoms with Crippen LogP contribution in [-0.4, -0.2) is 12.1 Å². The van der Waals surface area contributed by atoms with Gasteiger partial charge in [0, 0.05) is 16.3 Å². The van der Waals surface area contributed by atoms with E-state index < -0.39 is 6.29 Å². The van der Waals surface area contributed by atoms with Crippen molar-refractivity contribution >= 4 is 23.0 Å². The van der Waals surface area contributed by atoms with E-state index in [4.69, 9.17) is 23.1 Å². The van der Waals surface area contributed by atoms with Gasteiger partial charge in [-0.15, -0.1) is 0 Å². The highest BCUT2D eigenvalue weighted by molar-refractivity contribution is 6.30. The summed E-state index contributed by atoms with van der Waals surface area (Å²) in [5, 5.41) is 3.81. The maximum atomic E-state index is 5.94. The van der Waals surface area contributed by atoms with Crippen LogP contribution in [0.1, 0.15) is 18.9 Å². The Hall–Kier alpha value is -1.52. The molecule has 1 heterocycles. The molecule has 1 atom stereocenters. The molecule has 0 saturated carbocycles. The molecule has 17 heavy (non-hydrogen) atoms. The molecule has 0 aromatic heterocycles. The van der Waals surface area contributed by atoms with Gasteiger partial charge in [0.25, 0.3) is 0 Å². The van der Waals surface area contributed by atoms with Crippen LogP contribution >= 0.6 is 11.6 Å². The molecule has 90 valence electrons. The van der Waals surface area contributed by atoms with Gasteiger partial charge in [-0.25, -0.2) is 4.99 Å². The zero-order chi connectivity index (χ0) is 12.4. The third-order valence-corrected chi connectivity index (χ3v) is 2.90. The summed E-state index contributed by atoms with van der Waals surface area (Å²) in [5.74, 6) is 0.468. The molecule has 0 fully saturated rings. The number of rotatable bonds is 2. The largest absolute Gasteiger partial charge is 0.383 e. The summed E-state index contributed by atoms with van der Waals surface area (Å²) in [4.78, 5) is 4.13. The summed E-state index contributed by atoms with van der Waals surface area (Å²) < 4.78 is 0. The summed E-state index contributed by atoms with van der Waals surface area (Å²) in [7, 11) is 0. The first kappa shape index (κ1) is 12.0. The van der Waals surface area contributed by atoms with Crippen LogP contribution in [0.2, 0.25) is 5.02 Å². The predicted octanol–water partition coefficient (Wildman–Crippen LogP) is 1.66. The second kappa shape index (κ2) is 4.77. The van der Waals surface area contributed by atoms with Crippen molar-refractivity contribution in [2.24, 2.45) is 16.5 Å². The number of aliphatic imine (C=N–C) groups is 1. The van der Waals surface area contributed by atoms with Crippen LogP contribution in [0.25, 0.3) is 5.57 Å². The molecule has 1 aliphatic heterocycles. The zero-order valence-corrected chi connectivity index (χ0v) is 10.3. The number of nitrogens with one attached hydrogen (secondary N) is 1. The third-order valence-electron chi connectivity index (χ3n) is 2.64. The van der Waals surface area contributed by atoms with Crippen molar-refractivity contribution in [3.63, 3.8) is 0 Å². The predicted molar refractivity (Wildman–Crippen MR) is 71.4 cm³/mol. The number of benzene rings is 1. The van der Waals surface area contributed by atoms with E-state index in [0.29, 0.717) is 10.9 Å². The molecule has 0 aliphatic carbocycles. The van der Waals surface area contributed by atoms with Crippen molar-refractivity contribution in [1.29, 1.82) is 0 Å². The van der Waals surface area contributed by atoms with Crippen molar-refractivity contribution in [2.45, 2.75) is 19.6 Å². The lowest BCUT2D eigenvalue weighted by atomic mass is 10.0. The number of nitrogens with zero attached hydrogens (tertiary/aromatic N) is 1. The van der Waals surface area contributed by atoms with Crippen molar-refractivity contribution in [3.05, 3.63) is 40.5 Å². The average Bonchev–Trinajstić information content (AvgIpc) is 2.30. The lowest BCUT2D eigenvalue weighted by Crippen LogP contribution is -2.41. The van der Waals surface area contributed by atoms with Crippen molar-refractivity contribution < 1.29 is 0 Å². The normalized spacial score (nSPS) is 19.9. The van der Waals surface area contributed by atoms with E-state index in [2.05, 4.69) is 10.3 Å². The van der Waals surface area contributed by atoms with Gasteiger partial charge in [0.2, 0.25) is 0 Å². The Balaban J connectivity index is 2.47. The van der Waals surface area contributed by atoms with Gasteiger partial charge in [-0.1, -0.05) is 30.7 Å². The Morgan fingerprint density at radius 1 is 1.35 bits per heavy atom. The van der Waals surface area contributed by atoms with Crippen LogP contribution in [0.4, 0.5) is 0 Å². The van der Waals surface area contributed by atoms with E-state index in [9.17, 15) is 0 Å². The molecule has 5 heteroatoms. The highest BCUT2D eigenvalue weighted by atomic mass is 35.5. The van der Waals surface area contributed by atoms with Crippen LogP contribution in [-0.2, 0) is 0 Å². The van der Waals surface area contributed by atoms with Gasteiger partial charge in [0.1, 0.15) is 5.84 Å². The number of amidine groups is 1. The fourth-order valence-corrected chi connectivity index (χ4v) is 2.00. The molecule has 1 aromatic rings. The first-order valence-corrected chi connectivity index (χ1v) is 5.84. The number of halogens is 1. The Morgan fingerprint density at radius 3 is 2.59 bits per heavy atom. The van der Waals surface area contributed by atoms with E-state index in [1.54, 1.807) is 0 Å². The lowest BCUT2D eigenvalue weighted by molar-refractivity contribution is 0.596. The Morgan fingerprint density at radius 2 is 2.00 bits per heavy atom. The molecule has 0 spiro atoms. The second-order valence-electron chi connectivity index (χ2n) is 3.82. The quantitative estimate of drug-likeness (QED) is 0.747. The van der Waals surface area contributed by atoms with Crippen LogP contribution in [0.15, 0.2) is 35.0 Å². The monoisotopic (exact) mass is 250 g/mol. The minimum atomic E-state index is -0.457. The maximum Gasteiger partial charge on any atom is 0.173 e. The number of hydrogen-bond acceptors (Lipinski definition) is 4. The van der Waals surface area contributed by atoms with Gasteiger partial charge in [-0.3, -0.25) is 5.73 Å². The summed E-state index contributed by atoms with van der Waals surface area (Å²) in [6.07, 6.45) is 0.364. The fourth-order valence-electron chi connectivity index (χ4n) is 1.87. The van der Waals surface area contributed by atoms with Gasteiger partial charge >= 0.3 is 0 Å². The van der Waals surface area contributed by atoms with E-state index in [-0.39, 0.29) is 0 Å². The molecule has 1 unspecified atom stereocenters. The van der Waals surface area contributed by atoms with E-state index in [1.165, 1.54) is 0 Å². The summed E-state index contributed by atoms with van der Waals surface area (Å²) in [6.45, 7) is 2.05. The molecule has 4 nitrogen and oxygen atoms in total. The molecular weight excluding hydrogens is 236 g/mol. The molecule has 1 aliphatic rings. The van der Waals surface area contributed by atoms with Gasteiger partial charge in [-0.05, 0) is 24.1 Å². The number of allylic oxidation sites excluding steroid dienone is 1. The molecule has 0 amide bonds. The number of hydrogen-bond donors (Lipinski definition) is 3. The molecule has 2 rings (SSSR count). The van der Waals surface area contributed by atoms with E-state index in [1.807, 2.05) is 31.2 Å². The molecule has 0 radical (unpaired) electrons. The highest BCUT2D eigenvalue weighted by Gasteiger charge is 2.19. The minimum absolute atomic E-state index is 0.457. The van der Waals surface area contributed by atoms with E-state index in [0.717, 1.165) is 23.3 Å². The van der Waals surface area contributed by atoms with Crippen molar-refractivity contribution in [3.8, 4) is 0 Å². The summed E-state index contributed by atoms with van der Waals surface area (Å²) in [6, 6.07) is 7.51. The van der Waals surface area contributed by atoms with E-state index >= 15 is 0 Å². The Kier molecular flexibility index (Phi) is 3.36. The van der Waals surface area contributed by atoms with Crippen LogP contribution in [0, 0.1) is 0 Å². The first-order valence-electron chi connectivity index (χ1n) is 5.46. The highest BCUT2D eigenvalue weighted by Crippen LogP contribution is 2.24. The van der Waals surface area contributed by atoms with Crippen molar-refractivity contribution in [1.82, 2.24) is 5.32 Å². The lowest BCUT2D eigenvalue weighted by Gasteiger charge is -2.24. The first-order chi connectivity index (χ1) is 8.11. The number of nitrogens with two attached hydrogens (primary N) is 2. The Bertz CT molecular complexity index is 476. The third kappa shape index (κ3) is 2.43. The molecular formula is C12H15ClN4. The smallest absolute Gasteiger partial charge is 0.173 e. The molecule has 1 aromatic carbocycles. The second-order valence-corrected chi connectivity index (χ2v) is 4.25. The van der Waals surface area contributed by atoms with Gasteiger partial charge in [0.15, 0.2) is 6.29 Å². The molecule has 5 N–H and O–H groups in total. The topological polar surface area (TPSA) is 76.4 Å². The standard InChI is InChI=1S/C12H15ClN4/c1-2-9-10(11(14)17-12(15)16-9)7-3-5-8(13)6-4-7/h3-6,12,16H,2,15H2,1H3,(H2,14,17). The Labute approximate surface area is 105 Å². The van der Waals surface area contributed by atoms with Crippen LogP contribution in [0.5, 0.6) is 0 Å².